The maximum atomic E-state index is 12.6. The highest BCUT2D eigenvalue weighted by Gasteiger charge is 2.33. The minimum atomic E-state index is -0.393. The van der Waals surface area contributed by atoms with E-state index in [-0.39, 0.29) is 11.8 Å². The molecule has 102 valence electrons. The minimum absolute atomic E-state index is 0.0665. The van der Waals surface area contributed by atoms with Gasteiger partial charge in [0.15, 0.2) is 0 Å². The number of nitrogens with zero attached hydrogens (tertiary/aromatic N) is 1. The molecule has 0 radical (unpaired) electrons. The van der Waals surface area contributed by atoms with E-state index >= 15 is 0 Å². The maximum Gasteiger partial charge on any atom is 0.244 e. The number of amides is 1. The van der Waals surface area contributed by atoms with E-state index in [1.54, 1.807) is 0 Å². The van der Waals surface area contributed by atoms with Gasteiger partial charge >= 0.3 is 0 Å². The van der Waals surface area contributed by atoms with Gasteiger partial charge in [0, 0.05) is 25.4 Å². The van der Waals surface area contributed by atoms with E-state index in [2.05, 4.69) is 6.07 Å². The van der Waals surface area contributed by atoms with Crippen molar-refractivity contribution in [3.05, 3.63) is 29.8 Å². The zero-order chi connectivity index (χ0) is 13.2. The number of ether oxygens (including phenoxy) is 1. The molecule has 3 rings (SSSR count). The SMILES string of the molecule is NC(C(=O)N1CCc2ccccc21)C1CCOCC1. The number of rotatable bonds is 2. The molecule has 2 heterocycles. The summed E-state index contributed by atoms with van der Waals surface area (Å²) in [7, 11) is 0. The van der Waals surface area contributed by atoms with Gasteiger partial charge in [-0.2, -0.15) is 0 Å². The molecule has 0 aliphatic carbocycles. The molecule has 0 aromatic heterocycles. The van der Waals surface area contributed by atoms with E-state index in [0.717, 1.165) is 44.7 Å². The van der Waals surface area contributed by atoms with Crippen LogP contribution in [0.3, 0.4) is 0 Å². The number of benzene rings is 1. The van der Waals surface area contributed by atoms with Gasteiger partial charge in [0.1, 0.15) is 0 Å². The highest BCUT2D eigenvalue weighted by molar-refractivity contribution is 5.99. The molecule has 1 saturated heterocycles. The number of fused-ring (bicyclic) bond motifs is 1. The van der Waals surface area contributed by atoms with Crippen LogP contribution < -0.4 is 10.6 Å². The molecule has 1 amide bonds. The molecular weight excluding hydrogens is 240 g/mol. The van der Waals surface area contributed by atoms with Gasteiger partial charge in [-0.05, 0) is 36.8 Å². The Labute approximate surface area is 113 Å². The van der Waals surface area contributed by atoms with Gasteiger partial charge in [-0.1, -0.05) is 18.2 Å². The lowest BCUT2D eigenvalue weighted by molar-refractivity contribution is -0.121. The van der Waals surface area contributed by atoms with E-state index in [0.29, 0.717) is 0 Å². The lowest BCUT2D eigenvalue weighted by atomic mass is 9.91. The summed E-state index contributed by atoms with van der Waals surface area (Å²) in [6, 6.07) is 7.70. The van der Waals surface area contributed by atoms with Crippen molar-refractivity contribution >= 4 is 11.6 Å². The largest absolute Gasteiger partial charge is 0.381 e. The van der Waals surface area contributed by atoms with Crippen molar-refractivity contribution in [3.8, 4) is 0 Å². The minimum Gasteiger partial charge on any atom is -0.381 e. The second-order valence-electron chi connectivity index (χ2n) is 5.34. The van der Waals surface area contributed by atoms with Crippen LogP contribution in [-0.4, -0.2) is 31.7 Å². The molecule has 4 nitrogen and oxygen atoms in total. The van der Waals surface area contributed by atoms with Gasteiger partial charge < -0.3 is 15.4 Å². The predicted octanol–water partition coefficient (Wildman–Crippen LogP) is 1.33. The molecule has 19 heavy (non-hydrogen) atoms. The standard InChI is InChI=1S/C15H20N2O2/c16-14(12-6-9-19-10-7-12)15(18)17-8-5-11-3-1-2-4-13(11)17/h1-4,12,14H,5-10,16H2. The summed E-state index contributed by atoms with van der Waals surface area (Å²) < 4.78 is 5.33. The Morgan fingerprint density at radius 3 is 2.84 bits per heavy atom. The molecule has 0 saturated carbocycles. The molecule has 1 aromatic carbocycles. The van der Waals surface area contributed by atoms with Crippen molar-refractivity contribution in [2.75, 3.05) is 24.7 Å². The van der Waals surface area contributed by atoms with Crippen LogP contribution in [-0.2, 0) is 16.0 Å². The van der Waals surface area contributed by atoms with Gasteiger partial charge in [0.05, 0.1) is 6.04 Å². The fourth-order valence-corrected chi connectivity index (χ4v) is 3.02. The molecule has 2 aliphatic rings. The summed E-state index contributed by atoms with van der Waals surface area (Å²) in [5.41, 5.74) is 8.46. The Kier molecular flexibility index (Phi) is 3.53. The third-order valence-corrected chi connectivity index (χ3v) is 4.21. The summed E-state index contributed by atoms with van der Waals surface area (Å²) in [6.45, 7) is 2.21. The van der Waals surface area contributed by atoms with Crippen LogP contribution in [0.15, 0.2) is 24.3 Å². The molecule has 0 bridgehead atoms. The summed E-state index contributed by atoms with van der Waals surface area (Å²) in [6.07, 6.45) is 2.72. The molecule has 1 fully saturated rings. The van der Waals surface area contributed by atoms with Crippen LogP contribution >= 0.6 is 0 Å². The fourth-order valence-electron chi connectivity index (χ4n) is 3.02. The van der Waals surface area contributed by atoms with Crippen molar-refractivity contribution in [3.63, 3.8) is 0 Å². The first kappa shape index (κ1) is 12.6. The van der Waals surface area contributed by atoms with Crippen LogP contribution in [0.2, 0.25) is 0 Å². The van der Waals surface area contributed by atoms with Crippen LogP contribution in [0.1, 0.15) is 18.4 Å². The van der Waals surface area contributed by atoms with Gasteiger partial charge in [0.25, 0.3) is 0 Å². The summed E-state index contributed by atoms with van der Waals surface area (Å²) in [4.78, 5) is 14.4. The molecule has 2 N–H and O–H groups in total. The Morgan fingerprint density at radius 2 is 2.05 bits per heavy atom. The quantitative estimate of drug-likeness (QED) is 0.872. The fraction of sp³-hybridized carbons (Fsp3) is 0.533. The van der Waals surface area contributed by atoms with Crippen molar-refractivity contribution in [2.24, 2.45) is 11.7 Å². The lowest BCUT2D eigenvalue weighted by Gasteiger charge is -2.30. The normalized spacial score (nSPS) is 21.2. The molecular formula is C15H20N2O2. The van der Waals surface area contributed by atoms with Crippen molar-refractivity contribution in [1.29, 1.82) is 0 Å². The zero-order valence-electron chi connectivity index (χ0n) is 11.0. The Bertz CT molecular complexity index is 469. The van der Waals surface area contributed by atoms with E-state index in [1.807, 2.05) is 23.1 Å². The molecule has 1 aromatic rings. The third-order valence-electron chi connectivity index (χ3n) is 4.21. The van der Waals surface area contributed by atoms with Crippen LogP contribution in [0.4, 0.5) is 5.69 Å². The summed E-state index contributed by atoms with van der Waals surface area (Å²) >= 11 is 0. The van der Waals surface area contributed by atoms with E-state index in [1.165, 1.54) is 5.56 Å². The number of hydrogen-bond acceptors (Lipinski definition) is 3. The van der Waals surface area contributed by atoms with E-state index in [4.69, 9.17) is 10.5 Å². The van der Waals surface area contributed by atoms with Crippen LogP contribution in [0.5, 0.6) is 0 Å². The Balaban J connectivity index is 1.74. The number of carbonyl (C=O) groups excluding carboxylic acids is 1. The second kappa shape index (κ2) is 5.31. The first-order valence-corrected chi connectivity index (χ1v) is 7.00. The van der Waals surface area contributed by atoms with Crippen molar-refractivity contribution in [2.45, 2.75) is 25.3 Å². The van der Waals surface area contributed by atoms with Gasteiger partial charge in [-0.3, -0.25) is 4.79 Å². The first-order valence-electron chi connectivity index (χ1n) is 7.00. The molecule has 0 spiro atoms. The second-order valence-corrected chi connectivity index (χ2v) is 5.34. The Morgan fingerprint density at radius 1 is 1.32 bits per heavy atom. The summed E-state index contributed by atoms with van der Waals surface area (Å²) in [5, 5.41) is 0. The van der Waals surface area contributed by atoms with Crippen molar-refractivity contribution in [1.82, 2.24) is 0 Å². The zero-order valence-corrected chi connectivity index (χ0v) is 11.0. The lowest BCUT2D eigenvalue weighted by Crippen LogP contribution is -2.48. The number of nitrogens with two attached hydrogens (primary N) is 1. The van der Waals surface area contributed by atoms with Gasteiger partial charge in [0.2, 0.25) is 5.91 Å². The van der Waals surface area contributed by atoms with Gasteiger partial charge in [-0.15, -0.1) is 0 Å². The maximum absolute atomic E-state index is 12.6. The van der Waals surface area contributed by atoms with Crippen LogP contribution in [0, 0.1) is 5.92 Å². The molecule has 2 aliphatic heterocycles. The molecule has 1 unspecified atom stereocenters. The highest BCUT2D eigenvalue weighted by Crippen LogP contribution is 2.29. The number of anilines is 1. The molecule has 1 atom stereocenters. The Hall–Kier alpha value is -1.39. The van der Waals surface area contributed by atoms with Gasteiger partial charge in [-0.25, -0.2) is 0 Å². The third kappa shape index (κ3) is 2.38. The highest BCUT2D eigenvalue weighted by atomic mass is 16.5. The smallest absolute Gasteiger partial charge is 0.244 e. The van der Waals surface area contributed by atoms with Crippen molar-refractivity contribution < 1.29 is 9.53 Å². The topological polar surface area (TPSA) is 55.6 Å². The number of para-hydroxylation sites is 1. The molecule has 4 heteroatoms. The van der Waals surface area contributed by atoms with E-state index < -0.39 is 6.04 Å². The monoisotopic (exact) mass is 260 g/mol. The van der Waals surface area contributed by atoms with E-state index in [9.17, 15) is 4.79 Å². The number of hydrogen-bond donors (Lipinski definition) is 1. The number of carbonyl (C=O) groups is 1. The average Bonchev–Trinajstić information content (AvgIpc) is 2.90. The predicted molar refractivity (Wildman–Crippen MR) is 74.0 cm³/mol. The average molecular weight is 260 g/mol. The summed E-state index contributed by atoms with van der Waals surface area (Å²) in [5.74, 6) is 0.325. The first-order chi connectivity index (χ1) is 9.27. The van der Waals surface area contributed by atoms with Crippen LogP contribution in [0.25, 0.3) is 0 Å².